The zero-order valence-corrected chi connectivity index (χ0v) is 12.7. The molecule has 0 aromatic heterocycles. The van der Waals surface area contributed by atoms with Crippen LogP contribution in [0.2, 0.25) is 0 Å². The van der Waals surface area contributed by atoms with Crippen LogP contribution in [0.5, 0.6) is 0 Å². The van der Waals surface area contributed by atoms with Crippen molar-refractivity contribution >= 4 is 35.0 Å². The third-order valence-electron chi connectivity index (χ3n) is 3.62. The molecule has 3 rings (SSSR count). The molecule has 2 aromatic carbocycles. The van der Waals surface area contributed by atoms with Gasteiger partial charge >= 0.3 is 12.0 Å². The minimum atomic E-state index is -1.11. The second kappa shape index (κ2) is 6.41. The Labute approximate surface area is 138 Å². The molecule has 0 aliphatic carbocycles. The number of hydrogen-bond donors (Lipinski definition) is 2. The third kappa shape index (κ3) is 3.05. The number of nitrogens with one attached hydrogen (secondary N) is 1. The van der Waals surface area contributed by atoms with Crippen molar-refractivity contribution in [2.45, 2.75) is 0 Å². The van der Waals surface area contributed by atoms with Crippen LogP contribution in [-0.4, -0.2) is 36.1 Å². The number of carboxylic acid groups (broad SMARTS) is 1. The fourth-order valence-electron chi connectivity index (χ4n) is 2.56. The monoisotopic (exact) mass is 325 g/mol. The van der Waals surface area contributed by atoms with E-state index in [1.165, 1.54) is 9.80 Å². The third-order valence-corrected chi connectivity index (χ3v) is 3.62. The summed E-state index contributed by atoms with van der Waals surface area (Å²) in [5.41, 5.74) is 1.51. The fourth-order valence-corrected chi connectivity index (χ4v) is 2.56. The number of para-hydroxylation sites is 3. The average Bonchev–Trinajstić information content (AvgIpc) is 2.57. The van der Waals surface area contributed by atoms with Gasteiger partial charge in [0.1, 0.15) is 13.1 Å². The minimum absolute atomic E-state index is 0.219. The molecular formula is C17H15N3O4. The van der Waals surface area contributed by atoms with Gasteiger partial charge in [0.2, 0.25) is 5.91 Å². The summed E-state index contributed by atoms with van der Waals surface area (Å²) in [7, 11) is 0. The Kier molecular flexibility index (Phi) is 4.15. The van der Waals surface area contributed by atoms with E-state index in [1.54, 1.807) is 48.5 Å². The predicted octanol–water partition coefficient (Wildman–Crippen LogP) is 2.16. The molecule has 0 bridgehead atoms. The van der Waals surface area contributed by atoms with Gasteiger partial charge in [-0.05, 0) is 24.3 Å². The van der Waals surface area contributed by atoms with Crippen molar-refractivity contribution in [3.8, 4) is 0 Å². The first-order chi connectivity index (χ1) is 11.6. The zero-order valence-electron chi connectivity index (χ0n) is 12.7. The van der Waals surface area contributed by atoms with Gasteiger partial charge in [0.05, 0.1) is 11.4 Å². The number of carbonyl (C=O) groups excluding carboxylic acids is 2. The van der Waals surface area contributed by atoms with E-state index in [4.69, 9.17) is 5.11 Å². The minimum Gasteiger partial charge on any atom is -0.480 e. The van der Waals surface area contributed by atoms with Crippen LogP contribution in [0, 0.1) is 0 Å². The lowest BCUT2D eigenvalue weighted by atomic mass is 10.1. The molecule has 122 valence electrons. The van der Waals surface area contributed by atoms with E-state index in [9.17, 15) is 14.4 Å². The lowest BCUT2D eigenvalue weighted by molar-refractivity contribution is -0.136. The first-order valence-electron chi connectivity index (χ1n) is 7.31. The standard InChI is InChI=1S/C17H15N3O4/c21-15-10-20(17(24)18-12-6-2-1-3-7-12)14-9-5-4-8-13(14)19(15)11-16(22)23/h1-9H,10-11H2,(H,18,24)(H,22,23). The summed E-state index contributed by atoms with van der Waals surface area (Å²) in [6.45, 7) is -0.660. The summed E-state index contributed by atoms with van der Waals surface area (Å²) in [5, 5.41) is 11.7. The van der Waals surface area contributed by atoms with Crippen LogP contribution >= 0.6 is 0 Å². The highest BCUT2D eigenvalue weighted by molar-refractivity contribution is 6.14. The highest BCUT2D eigenvalue weighted by atomic mass is 16.4. The number of nitrogens with zero attached hydrogens (tertiary/aromatic N) is 2. The summed E-state index contributed by atoms with van der Waals surface area (Å²) in [5.74, 6) is -1.56. The molecule has 24 heavy (non-hydrogen) atoms. The Balaban J connectivity index is 1.90. The van der Waals surface area contributed by atoms with Crippen molar-refractivity contribution in [1.82, 2.24) is 0 Å². The smallest absolute Gasteiger partial charge is 0.326 e. The predicted molar refractivity (Wildman–Crippen MR) is 89.2 cm³/mol. The van der Waals surface area contributed by atoms with Crippen LogP contribution in [0.25, 0.3) is 0 Å². The van der Waals surface area contributed by atoms with Gasteiger partial charge in [-0.3, -0.25) is 19.4 Å². The number of carboxylic acids is 1. The number of anilines is 3. The molecule has 7 heteroatoms. The normalized spacial score (nSPS) is 13.4. The van der Waals surface area contributed by atoms with E-state index < -0.39 is 24.5 Å². The molecule has 0 fully saturated rings. The summed E-state index contributed by atoms with van der Waals surface area (Å²) in [6.07, 6.45) is 0. The Morgan fingerprint density at radius 2 is 1.62 bits per heavy atom. The lowest BCUT2D eigenvalue weighted by Crippen LogP contribution is -2.50. The molecule has 2 aromatic rings. The van der Waals surface area contributed by atoms with Gasteiger partial charge in [-0.25, -0.2) is 4.79 Å². The molecule has 0 unspecified atom stereocenters. The van der Waals surface area contributed by atoms with Gasteiger partial charge in [-0.15, -0.1) is 0 Å². The number of carbonyl (C=O) groups is 3. The second-order valence-corrected chi connectivity index (χ2v) is 5.24. The first kappa shape index (κ1) is 15.5. The van der Waals surface area contributed by atoms with Gasteiger partial charge < -0.3 is 10.4 Å². The lowest BCUT2D eigenvalue weighted by Gasteiger charge is -2.35. The zero-order chi connectivity index (χ0) is 17.1. The van der Waals surface area contributed by atoms with E-state index in [2.05, 4.69) is 5.32 Å². The maximum absolute atomic E-state index is 12.5. The van der Waals surface area contributed by atoms with Crippen molar-refractivity contribution in [2.24, 2.45) is 0 Å². The molecule has 0 radical (unpaired) electrons. The number of rotatable bonds is 3. The van der Waals surface area contributed by atoms with Crippen molar-refractivity contribution in [1.29, 1.82) is 0 Å². The van der Waals surface area contributed by atoms with Crippen molar-refractivity contribution in [3.63, 3.8) is 0 Å². The SMILES string of the molecule is O=C(O)CN1C(=O)CN(C(=O)Nc2ccccc2)c2ccccc21. The van der Waals surface area contributed by atoms with Gasteiger partial charge in [-0.2, -0.15) is 0 Å². The second-order valence-electron chi connectivity index (χ2n) is 5.24. The van der Waals surface area contributed by atoms with Crippen LogP contribution < -0.4 is 15.1 Å². The summed E-state index contributed by atoms with van der Waals surface area (Å²) in [4.78, 5) is 38.3. The van der Waals surface area contributed by atoms with Gasteiger partial charge in [0.25, 0.3) is 0 Å². The topological polar surface area (TPSA) is 90.0 Å². The van der Waals surface area contributed by atoms with Crippen LogP contribution in [0.1, 0.15) is 0 Å². The van der Waals surface area contributed by atoms with E-state index in [-0.39, 0.29) is 6.54 Å². The summed E-state index contributed by atoms with van der Waals surface area (Å²) in [6, 6.07) is 15.2. The van der Waals surface area contributed by atoms with E-state index in [0.717, 1.165) is 0 Å². The first-order valence-corrected chi connectivity index (χ1v) is 7.31. The molecular weight excluding hydrogens is 310 g/mol. The van der Waals surface area contributed by atoms with Crippen LogP contribution in [0.4, 0.5) is 21.9 Å². The molecule has 0 spiro atoms. The Morgan fingerprint density at radius 3 is 2.29 bits per heavy atom. The van der Waals surface area contributed by atoms with Gasteiger partial charge in [0.15, 0.2) is 0 Å². The number of fused-ring (bicyclic) bond motifs is 1. The highest BCUT2D eigenvalue weighted by Gasteiger charge is 2.33. The molecule has 0 atom stereocenters. The molecule has 1 aliphatic heterocycles. The van der Waals surface area contributed by atoms with E-state index in [1.807, 2.05) is 6.07 Å². The number of hydrogen-bond acceptors (Lipinski definition) is 3. The molecule has 7 nitrogen and oxygen atoms in total. The largest absolute Gasteiger partial charge is 0.480 e. The Morgan fingerprint density at radius 1 is 1.00 bits per heavy atom. The molecule has 2 N–H and O–H groups in total. The van der Waals surface area contributed by atoms with Crippen LogP contribution in [0.3, 0.4) is 0 Å². The van der Waals surface area contributed by atoms with E-state index in [0.29, 0.717) is 17.1 Å². The number of urea groups is 1. The Hall–Kier alpha value is -3.35. The maximum Gasteiger partial charge on any atom is 0.326 e. The van der Waals surface area contributed by atoms with Crippen molar-refractivity contribution in [2.75, 3.05) is 28.2 Å². The number of amides is 3. The van der Waals surface area contributed by atoms with Crippen LogP contribution in [0.15, 0.2) is 54.6 Å². The number of aliphatic carboxylic acids is 1. The van der Waals surface area contributed by atoms with Gasteiger partial charge in [0, 0.05) is 5.69 Å². The number of benzene rings is 2. The Bertz CT molecular complexity index is 791. The molecule has 0 saturated heterocycles. The van der Waals surface area contributed by atoms with Crippen LogP contribution in [-0.2, 0) is 9.59 Å². The summed E-state index contributed by atoms with van der Waals surface area (Å²) < 4.78 is 0. The fraction of sp³-hybridized carbons (Fsp3) is 0.118. The highest BCUT2D eigenvalue weighted by Crippen LogP contribution is 2.33. The van der Waals surface area contributed by atoms with Crippen molar-refractivity contribution < 1.29 is 19.5 Å². The van der Waals surface area contributed by atoms with Crippen molar-refractivity contribution in [3.05, 3.63) is 54.6 Å². The quantitative estimate of drug-likeness (QED) is 0.905. The molecule has 1 heterocycles. The molecule has 1 aliphatic rings. The molecule has 0 saturated carbocycles. The molecule has 3 amide bonds. The van der Waals surface area contributed by atoms with Gasteiger partial charge in [-0.1, -0.05) is 30.3 Å². The maximum atomic E-state index is 12.5. The summed E-state index contributed by atoms with van der Waals surface area (Å²) >= 11 is 0. The van der Waals surface area contributed by atoms with E-state index >= 15 is 0 Å². The average molecular weight is 325 g/mol.